The number of aromatic amines is 1. The van der Waals surface area contributed by atoms with Crippen LogP contribution in [-0.2, 0) is 0 Å². The first-order valence-electron chi connectivity index (χ1n) is 5.69. The molecule has 0 amide bonds. The average Bonchev–Trinajstić information content (AvgIpc) is 2.34. The second-order valence-corrected chi connectivity index (χ2v) is 2.72. The first-order chi connectivity index (χ1) is 7.77. The Labute approximate surface area is 98.8 Å². The van der Waals surface area contributed by atoms with Crippen molar-refractivity contribution in [3.63, 3.8) is 0 Å². The van der Waals surface area contributed by atoms with Gasteiger partial charge in [-0.25, -0.2) is 0 Å². The van der Waals surface area contributed by atoms with Crippen LogP contribution in [0.25, 0.3) is 10.9 Å². The molecule has 0 bridgehead atoms. The van der Waals surface area contributed by atoms with Crippen LogP contribution in [0, 0.1) is 19.1 Å². The minimum absolute atomic E-state index is 0. The molecule has 1 heterocycles. The van der Waals surface area contributed by atoms with Gasteiger partial charge in [-0.1, -0.05) is 39.8 Å². The van der Waals surface area contributed by atoms with Crippen molar-refractivity contribution in [2.45, 2.75) is 34.6 Å². The van der Waals surface area contributed by atoms with E-state index in [1.54, 1.807) is 18.2 Å². The average molecular weight is 219 g/mol. The van der Waals surface area contributed by atoms with Gasteiger partial charge in [0.2, 0.25) is 0 Å². The summed E-state index contributed by atoms with van der Waals surface area (Å²) in [6, 6.07) is 10.5. The van der Waals surface area contributed by atoms with Crippen LogP contribution in [0.3, 0.4) is 0 Å². The number of rotatable bonds is 0. The number of pyridine rings is 1. The molecule has 16 heavy (non-hydrogen) atoms. The molecule has 0 spiro atoms. The molecule has 0 saturated carbocycles. The molecule has 2 heteroatoms. The SMILES string of the molecule is CC.CC.Cc1cc(=O)c2cc#ccc2[nH]1.[HH]. The predicted molar refractivity (Wildman–Crippen MR) is 71.8 cm³/mol. The second-order valence-electron chi connectivity index (χ2n) is 2.72. The highest BCUT2D eigenvalue weighted by Gasteiger charge is 1.96. The highest BCUT2D eigenvalue weighted by atomic mass is 16.1. The molecule has 2 rings (SSSR count). The van der Waals surface area contributed by atoms with E-state index in [2.05, 4.69) is 17.1 Å². The third-order valence-electron chi connectivity index (χ3n) is 1.75. The third-order valence-corrected chi connectivity index (χ3v) is 1.75. The summed E-state index contributed by atoms with van der Waals surface area (Å²) in [5.74, 6) is 0. The van der Waals surface area contributed by atoms with E-state index in [1.165, 1.54) is 0 Å². The second kappa shape index (κ2) is 7.53. The lowest BCUT2D eigenvalue weighted by atomic mass is 10.2. The molecule has 0 atom stereocenters. The zero-order valence-electron chi connectivity index (χ0n) is 10.6. The Morgan fingerprint density at radius 3 is 2.31 bits per heavy atom. The van der Waals surface area contributed by atoms with Crippen molar-refractivity contribution < 1.29 is 1.43 Å². The maximum atomic E-state index is 11.3. The maximum Gasteiger partial charge on any atom is 0.190 e. The normalized spacial score (nSPS) is 8.06. The quantitative estimate of drug-likeness (QED) is 0.719. The van der Waals surface area contributed by atoms with Gasteiger partial charge in [0.15, 0.2) is 5.43 Å². The zero-order chi connectivity index (χ0) is 12.6. The van der Waals surface area contributed by atoms with Gasteiger partial charge in [0.1, 0.15) is 0 Å². The monoisotopic (exact) mass is 219 g/mol. The number of hydrogen-bond donors (Lipinski definition) is 1. The van der Waals surface area contributed by atoms with Gasteiger partial charge in [-0.05, 0) is 6.92 Å². The molecule has 88 valence electrons. The van der Waals surface area contributed by atoms with Crippen LogP contribution >= 0.6 is 0 Å². The van der Waals surface area contributed by atoms with Crippen molar-refractivity contribution in [3.8, 4) is 0 Å². The van der Waals surface area contributed by atoms with Gasteiger partial charge in [0.05, 0.1) is 10.9 Å². The summed E-state index contributed by atoms with van der Waals surface area (Å²) in [7, 11) is 0. The Morgan fingerprint density at radius 2 is 1.69 bits per heavy atom. The molecule has 0 aliphatic rings. The topological polar surface area (TPSA) is 32.9 Å². The van der Waals surface area contributed by atoms with Crippen LogP contribution in [0.4, 0.5) is 0 Å². The van der Waals surface area contributed by atoms with Crippen molar-refractivity contribution in [3.05, 3.63) is 46.2 Å². The first kappa shape index (κ1) is 14.2. The van der Waals surface area contributed by atoms with Crippen molar-refractivity contribution in [2.24, 2.45) is 0 Å². The van der Waals surface area contributed by atoms with E-state index in [9.17, 15) is 4.79 Å². The molecule has 2 nitrogen and oxygen atoms in total. The lowest BCUT2D eigenvalue weighted by Gasteiger charge is -1.95. The van der Waals surface area contributed by atoms with Gasteiger partial charge in [-0.3, -0.25) is 4.79 Å². The summed E-state index contributed by atoms with van der Waals surface area (Å²) in [6.45, 7) is 9.86. The fourth-order valence-electron chi connectivity index (χ4n) is 1.21. The molecule has 1 N–H and O–H groups in total. The number of aromatic nitrogens is 1. The summed E-state index contributed by atoms with van der Waals surface area (Å²) in [6.07, 6.45) is 0. The molecule has 0 unspecified atom stereocenters. The van der Waals surface area contributed by atoms with E-state index < -0.39 is 0 Å². The number of fused-ring (bicyclic) bond motifs is 1. The van der Waals surface area contributed by atoms with Crippen LogP contribution in [0.1, 0.15) is 34.8 Å². The summed E-state index contributed by atoms with van der Waals surface area (Å²) < 4.78 is 0. The molecule has 0 saturated heterocycles. The molecule has 2 aromatic rings. The summed E-state index contributed by atoms with van der Waals surface area (Å²) >= 11 is 0. The number of hydrogen-bond acceptors (Lipinski definition) is 1. The van der Waals surface area contributed by atoms with Crippen molar-refractivity contribution in [1.29, 1.82) is 0 Å². The molecule has 1 aromatic carbocycles. The Bertz CT molecular complexity index is 477. The van der Waals surface area contributed by atoms with Crippen molar-refractivity contribution in [2.75, 3.05) is 0 Å². The lowest BCUT2D eigenvalue weighted by molar-refractivity contribution is 1.24. The maximum absolute atomic E-state index is 11.3. The van der Waals surface area contributed by atoms with E-state index in [0.29, 0.717) is 5.39 Å². The van der Waals surface area contributed by atoms with Gasteiger partial charge in [0, 0.05) is 25.3 Å². The molecule has 0 fully saturated rings. The number of H-pyrrole nitrogens is 1. The molecule has 0 aliphatic heterocycles. The van der Waals surface area contributed by atoms with E-state index in [4.69, 9.17) is 0 Å². The van der Waals surface area contributed by atoms with Crippen LogP contribution in [0.15, 0.2) is 23.0 Å². The van der Waals surface area contributed by atoms with Crippen LogP contribution < -0.4 is 5.43 Å². The highest BCUT2D eigenvalue weighted by molar-refractivity contribution is 5.77. The molecule has 0 radical (unpaired) electrons. The first-order valence-corrected chi connectivity index (χ1v) is 5.69. The smallest absolute Gasteiger partial charge is 0.190 e. The van der Waals surface area contributed by atoms with Crippen LogP contribution in [0.5, 0.6) is 0 Å². The van der Waals surface area contributed by atoms with Gasteiger partial charge in [0.25, 0.3) is 0 Å². The summed E-state index contributed by atoms with van der Waals surface area (Å²) in [4.78, 5) is 14.4. The van der Waals surface area contributed by atoms with Crippen LogP contribution in [-0.4, -0.2) is 4.98 Å². The van der Waals surface area contributed by atoms with E-state index in [-0.39, 0.29) is 6.86 Å². The summed E-state index contributed by atoms with van der Waals surface area (Å²) in [5.41, 5.74) is 1.72. The number of nitrogens with one attached hydrogen (secondary N) is 1. The van der Waals surface area contributed by atoms with E-state index in [0.717, 1.165) is 11.2 Å². The fourth-order valence-corrected chi connectivity index (χ4v) is 1.21. The molecular formula is C14H21NO. The van der Waals surface area contributed by atoms with Crippen molar-refractivity contribution in [1.82, 2.24) is 4.98 Å². The Morgan fingerprint density at radius 1 is 1.12 bits per heavy atom. The highest BCUT2D eigenvalue weighted by Crippen LogP contribution is 2.03. The molecule has 1 aromatic heterocycles. The largest absolute Gasteiger partial charge is 0.358 e. The summed E-state index contributed by atoms with van der Waals surface area (Å²) in [5, 5.41) is 0.666. The minimum atomic E-state index is 0. The van der Waals surface area contributed by atoms with E-state index in [1.807, 2.05) is 34.6 Å². The van der Waals surface area contributed by atoms with Crippen LogP contribution in [0.2, 0.25) is 0 Å². The van der Waals surface area contributed by atoms with Gasteiger partial charge in [-0.2, -0.15) is 0 Å². The minimum Gasteiger partial charge on any atom is -0.358 e. The zero-order valence-corrected chi connectivity index (χ0v) is 10.6. The standard InChI is InChI=1S/C10H7NO.2C2H6.H2/c1-7-6-10(12)8-4-2-3-5-9(8)11-7;2*1-2;/h4-6H,1H3,(H,11,12);2*1-2H3;1H. The fraction of sp³-hybridized carbons (Fsp3) is 0.357. The van der Waals surface area contributed by atoms with Gasteiger partial charge < -0.3 is 4.98 Å². The number of aryl methyl sites for hydroxylation is 1. The predicted octanol–water partition coefficient (Wildman–Crippen LogP) is 3.74. The Kier molecular flexibility index (Phi) is 6.71. The van der Waals surface area contributed by atoms with Crippen molar-refractivity contribution >= 4 is 10.9 Å². The lowest BCUT2D eigenvalue weighted by Crippen LogP contribution is -2.01. The van der Waals surface area contributed by atoms with Gasteiger partial charge >= 0.3 is 0 Å². The molecule has 0 aliphatic carbocycles. The van der Waals surface area contributed by atoms with E-state index >= 15 is 0 Å². The third kappa shape index (κ3) is 3.43. The van der Waals surface area contributed by atoms with Gasteiger partial charge in [-0.15, -0.1) is 0 Å². The molecular weight excluding hydrogens is 198 g/mol. The Balaban J connectivity index is 0. The Hall–Kier alpha value is -1.75.